The van der Waals surface area contributed by atoms with E-state index >= 15 is 0 Å². The van der Waals surface area contributed by atoms with Gasteiger partial charge in [-0.25, -0.2) is 18.4 Å². The first-order valence-electron chi connectivity index (χ1n) is 10.2. The SMILES string of the molecule is CCCCN(c1nc(-c2ccc(S(C)(=O)=O)cc2)cc(C(F)(F)F)n1)C1CCOCC1. The molecule has 0 aliphatic carbocycles. The van der Waals surface area contributed by atoms with Crippen molar-refractivity contribution in [3.8, 4) is 11.3 Å². The van der Waals surface area contributed by atoms with E-state index in [1.807, 2.05) is 11.8 Å². The van der Waals surface area contributed by atoms with Crippen molar-refractivity contribution in [3.63, 3.8) is 0 Å². The van der Waals surface area contributed by atoms with Crippen molar-refractivity contribution in [1.29, 1.82) is 0 Å². The highest BCUT2D eigenvalue weighted by Gasteiger charge is 2.35. The second kappa shape index (κ2) is 9.52. The minimum absolute atomic E-state index is 0.00393. The Labute approximate surface area is 180 Å². The number of anilines is 1. The molecule has 0 spiro atoms. The normalized spacial score (nSPS) is 15.8. The fraction of sp³-hybridized carbons (Fsp3) is 0.524. The molecule has 2 aromatic rings. The third-order valence-corrected chi connectivity index (χ3v) is 6.35. The quantitative estimate of drug-likeness (QED) is 0.616. The number of unbranched alkanes of at least 4 members (excludes halogenated alkanes) is 1. The Hall–Kier alpha value is -2.20. The van der Waals surface area contributed by atoms with Crippen LogP contribution in [0.25, 0.3) is 11.3 Å². The highest BCUT2D eigenvalue weighted by Crippen LogP contribution is 2.33. The van der Waals surface area contributed by atoms with Crippen LogP contribution < -0.4 is 4.90 Å². The van der Waals surface area contributed by atoms with Gasteiger partial charge in [-0.15, -0.1) is 0 Å². The van der Waals surface area contributed by atoms with Crippen molar-refractivity contribution in [1.82, 2.24) is 9.97 Å². The Kier molecular flexibility index (Phi) is 7.20. The third kappa shape index (κ3) is 5.94. The fourth-order valence-corrected chi connectivity index (χ4v) is 4.13. The van der Waals surface area contributed by atoms with Crippen molar-refractivity contribution in [3.05, 3.63) is 36.0 Å². The maximum Gasteiger partial charge on any atom is 0.433 e. The van der Waals surface area contributed by atoms with Gasteiger partial charge in [0.1, 0.15) is 0 Å². The predicted molar refractivity (Wildman–Crippen MR) is 112 cm³/mol. The van der Waals surface area contributed by atoms with Gasteiger partial charge in [0.25, 0.3) is 0 Å². The first-order chi connectivity index (χ1) is 14.6. The summed E-state index contributed by atoms with van der Waals surface area (Å²) in [5.41, 5.74) is -0.525. The van der Waals surface area contributed by atoms with Crippen LogP contribution in [0.4, 0.5) is 19.1 Å². The highest BCUT2D eigenvalue weighted by molar-refractivity contribution is 7.90. The third-order valence-electron chi connectivity index (χ3n) is 5.22. The van der Waals surface area contributed by atoms with Gasteiger partial charge in [-0.2, -0.15) is 13.2 Å². The zero-order valence-electron chi connectivity index (χ0n) is 17.5. The highest BCUT2D eigenvalue weighted by atomic mass is 32.2. The van der Waals surface area contributed by atoms with E-state index in [4.69, 9.17) is 4.74 Å². The molecule has 0 radical (unpaired) electrons. The summed E-state index contributed by atoms with van der Waals surface area (Å²) in [7, 11) is -3.41. The molecular weight excluding hydrogens is 431 g/mol. The number of halogens is 3. The molecule has 31 heavy (non-hydrogen) atoms. The molecule has 1 fully saturated rings. The predicted octanol–water partition coefficient (Wildman–Crippen LogP) is 4.35. The second-order valence-corrected chi connectivity index (χ2v) is 9.64. The lowest BCUT2D eigenvalue weighted by Gasteiger charge is -2.34. The summed E-state index contributed by atoms with van der Waals surface area (Å²) >= 11 is 0. The van der Waals surface area contributed by atoms with E-state index in [0.29, 0.717) is 38.2 Å². The lowest BCUT2D eigenvalue weighted by molar-refractivity contribution is -0.141. The minimum atomic E-state index is -4.63. The number of alkyl halides is 3. The Morgan fingerprint density at radius 2 is 1.77 bits per heavy atom. The van der Waals surface area contributed by atoms with E-state index < -0.39 is 21.7 Å². The molecule has 170 valence electrons. The average Bonchev–Trinajstić information content (AvgIpc) is 2.73. The molecule has 0 bridgehead atoms. The van der Waals surface area contributed by atoms with Gasteiger partial charge in [-0.1, -0.05) is 25.5 Å². The molecule has 1 saturated heterocycles. The van der Waals surface area contributed by atoms with Gasteiger partial charge in [0.05, 0.1) is 10.6 Å². The van der Waals surface area contributed by atoms with Crippen LogP contribution in [-0.4, -0.2) is 50.4 Å². The molecule has 0 atom stereocenters. The molecule has 0 saturated carbocycles. The average molecular weight is 458 g/mol. The monoisotopic (exact) mass is 457 g/mol. The molecule has 6 nitrogen and oxygen atoms in total. The minimum Gasteiger partial charge on any atom is -0.381 e. The summed E-state index contributed by atoms with van der Waals surface area (Å²) in [5.74, 6) is 0.0392. The number of benzene rings is 1. The zero-order valence-corrected chi connectivity index (χ0v) is 18.3. The Bertz CT molecular complexity index is 989. The summed E-state index contributed by atoms with van der Waals surface area (Å²) in [6.07, 6.45) is -0.478. The number of sulfone groups is 1. The Morgan fingerprint density at radius 3 is 2.32 bits per heavy atom. The van der Waals surface area contributed by atoms with Crippen LogP contribution in [0, 0.1) is 0 Å². The molecule has 0 N–H and O–H groups in total. The van der Waals surface area contributed by atoms with Crippen LogP contribution in [-0.2, 0) is 20.8 Å². The molecule has 0 unspecified atom stereocenters. The molecule has 10 heteroatoms. The summed E-state index contributed by atoms with van der Waals surface area (Å²) in [5, 5.41) is 0. The maximum absolute atomic E-state index is 13.6. The van der Waals surface area contributed by atoms with Crippen LogP contribution >= 0.6 is 0 Å². The number of ether oxygens (including phenoxy) is 1. The van der Waals surface area contributed by atoms with Gasteiger partial charge in [-0.3, -0.25) is 0 Å². The first kappa shape index (κ1) is 23.5. The molecule has 1 aromatic heterocycles. The second-order valence-electron chi connectivity index (χ2n) is 7.62. The number of hydrogen-bond acceptors (Lipinski definition) is 6. The number of hydrogen-bond donors (Lipinski definition) is 0. The summed E-state index contributed by atoms with van der Waals surface area (Å²) in [6, 6.07) is 6.58. The molecule has 1 aromatic carbocycles. The Balaban J connectivity index is 2.06. The summed E-state index contributed by atoms with van der Waals surface area (Å²) in [4.78, 5) is 10.3. The summed E-state index contributed by atoms with van der Waals surface area (Å²) in [6.45, 7) is 3.66. The van der Waals surface area contributed by atoms with Crippen LogP contribution in [0.2, 0.25) is 0 Å². The number of rotatable bonds is 7. The van der Waals surface area contributed by atoms with Crippen LogP contribution in [0.1, 0.15) is 38.3 Å². The van der Waals surface area contributed by atoms with E-state index in [-0.39, 0.29) is 22.6 Å². The van der Waals surface area contributed by atoms with E-state index in [1.54, 1.807) is 0 Å². The molecule has 0 amide bonds. The lowest BCUT2D eigenvalue weighted by atomic mass is 10.1. The van der Waals surface area contributed by atoms with E-state index in [2.05, 4.69) is 9.97 Å². The van der Waals surface area contributed by atoms with Crippen molar-refractivity contribution >= 4 is 15.8 Å². The van der Waals surface area contributed by atoms with Crippen molar-refractivity contribution in [2.24, 2.45) is 0 Å². The molecule has 1 aliphatic rings. The molecule has 2 heterocycles. The van der Waals surface area contributed by atoms with Gasteiger partial charge in [-0.05, 0) is 37.5 Å². The first-order valence-corrected chi connectivity index (χ1v) is 12.1. The van der Waals surface area contributed by atoms with Gasteiger partial charge >= 0.3 is 6.18 Å². The van der Waals surface area contributed by atoms with Crippen LogP contribution in [0.3, 0.4) is 0 Å². The topological polar surface area (TPSA) is 72.4 Å². The standard InChI is InChI=1S/C21H26F3N3O3S/c1-3-4-11-27(16-9-12-30-13-10-16)20-25-18(14-19(26-20)21(22,23)24)15-5-7-17(8-6-15)31(2,28)29/h5-8,14,16H,3-4,9-13H2,1-2H3. The fourth-order valence-electron chi connectivity index (χ4n) is 3.50. The van der Waals surface area contributed by atoms with E-state index in [9.17, 15) is 21.6 Å². The number of nitrogens with zero attached hydrogens (tertiary/aromatic N) is 3. The van der Waals surface area contributed by atoms with E-state index in [0.717, 1.165) is 25.2 Å². The lowest BCUT2D eigenvalue weighted by Crippen LogP contribution is -2.41. The van der Waals surface area contributed by atoms with Crippen LogP contribution in [0.15, 0.2) is 35.2 Å². The van der Waals surface area contributed by atoms with Crippen molar-refractivity contribution < 1.29 is 26.3 Å². The number of aromatic nitrogens is 2. The van der Waals surface area contributed by atoms with Gasteiger partial charge in [0.2, 0.25) is 5.95 Å². The summed E-state index contributed by atoms with van der Waals surface area (Å²) < 4.78 is 69.7. The van der Waals surface area contributed by atoms with Gasteiger partial charge in [0, 0.05) is 37.6 Å². The van der Waals surface area contributed by atoms with Gasteiger partial charge in [0.15, 0.2) is 15.5 Å². The van der Waals surface area contributed by atoms with Crippen molar-refractivity contribution in [2.75, 3.05) is 30.9 Å². The zero-order chi connectivity index (χ0) is 22.6. The smallest absolute Gasteiger partial charge is 0.381 e. The van der Waals surface area contributed by atoms with E-state index in [1.165, 1.54) is 24.3 Å². The molecule has 3 rings (SSSR count). The van der Waals surface area contributed by atoms with Crippen LogP contribution in [0.5, 0.6) is 0 Å². The molecular formula is C21H26F3N3O3S. The van der Waals surface area contributed by atoms with Crippen molar-refractivity contribution in [2.45, 2.75) is 49.7 Å². The Morgan fingerprint density at radius 1 is 1.13 bits per heavy atom. The maximum atomic E-state index is 13.6. The molecule has 1 aliphatic heterocycles. The van der Waals surface area contributed by atoms with Gasteiger partial charge < -0.3 is 9.64 Å². The largest absolute Gasteiger partial charge is 0.433 e.